The molecule has 1 fully saturated rings. The first-order chi connectivity index (χ1) is 15.3. The van der Waals surface area contributed by atoms with Gasteiger partial charge in [-0.15, -0.1) is 0 Å². The number of benzene rings is 1. The van der Waals surface area contributed by atoms with Gasteiger partial charge in [-0.05, 0) is 50.2 Å². The summed E-state index contributed by atoms with van der Waals surface area (Å²) in [7, 11) is 0. The van der Waals surface area contributed by atoms with Crippen molar-refractivity contribution >= 4 is 5.91 Å². The molecule has 1 saturated heterocycles. The zero-order valence-electron chi connectivity index (χ0n) is 18.3. The summed E-state index contributed by atoms with van der Waals surface area (Å²) in [5.74, 6) is 0.666. The molecule has 2 aromatic heterocycles. The first kappa shape index (κ1) is 21.3. The third-order valence-electron chi connectivity index (χ3n) is 5.78. The molecular weight excluding hydrogens is 388 g/mol. The molecule has 31 heavy (non-hydrogen) atoms. The highest BCUT2D eigenvalue weighted by molar-refractivity contribution is 5.97. The molecule has 0 atom stereocenters. The standard InChI is InChI=1S/C24H32N6O/c1-2-12-27-16-18-28(19-17-27)13-8-11-25-23(31)22-20-26-30(21-9-4-3-5-10-21)24(22)29-14-6-7-15-29/h3-7,9-10,14-15,20H,2,8,11-13,16-19H2,1H3,(H,25,31). The Labute approximate surface area is 184 Å². The zero-order valence-corrected chi connectivity index (χ0v) is 18.3. The Bertz CT molecular complexity index is 942. The maximum atomic E-state index is 13.0. The second kappa shape index (κ2) is 10.4. The molecule has 0 bridgehead atoms. The van der Waals surface area contributed by atoms with Crippen molar-refractivity contribution < 1.29 is 4.79 Å². The minimum atomic E-state index is -0.0846. The molecule has 164 valence electrons. The van der Waals surface area contributed by atoms with Gasteiger partial charge in [0.2, 0.25) is 0 Å². The van der Waals surface area contributed by atoms with E-state index >= 15 is 0 Å². The normalized spacial score (nSPS) is 15.3. The van der Waals surface area contributed by atoms with Crippen molar-refractivity contribution in [3.8, 4) is 11.5 Å². The Morgan fingerprint density at radius 1 is 0.968 bits per heavy atom. The number of para-hydroxylation sites is 1. The fraction of sp³-hybridized carbons (Fsp3) is 0.417. The Morgan fingerprint density at radius 3 is 2.32 bits per heavy atom. The number of carbonyl (C=O) groups excluding carboxylic acids is 1. The molecule has 7 nitrogen and oxygen atoms in total. The van der Waals surface area contributed by atoms with Gasteiger partial charge in [0.1, 0.15) is 5.56 Å². The van der Waals surface area contributed by atoms with Gasteiger partial charge >= 0.3 is 0 Å². The second-order valence-corrected chi connectivity index (χ2v) is 8.01. The molecule has 1 aromatic carbocycles. The van der Waals surface area contributed by atoms with Gasteiger partial charge in [-0.2, -0.15) is 5.10 Å². The highest BCUT2D eigenvalue weighted by atomic mass is 16.1. The fourth-order valence-corrected chi connectivity index (χ4v) is 4.14. The van der Waals surface area contributed by atoms with E-state index in [2.05, 4.69) is 27.1 Å². The highest BCUT2D eigenvalue weighted by Gasteiger charge is 2.20. The molecule has 1 aliphatic rings. The van der Waals surface area contributed by atoms with Crippen LogP contribution in [0.1, 0.15) is 30.1 Å². The number of aromatic nitrogens is 3. The monoisotopic (exact) mass is 420 g/mol. The molecule has 0 spiro atoms. The minimum absolute atomic E-state index is 0.0846. The Balaban J connectivity index is 1.35. The predicted molar refractivity (Wildman–Crippen MR) is 123 cm³/mol. The Kier molecular flexibility index (Phi) is 7.17. The van der Waals surface area contributed by atoms with E-state index in [-0.39, 0.29) is 5.91 Å². The summed E-state index contributed by atoms with van der Waals surface area (Å²) >= 11 is 0. The number of nitrogens with zero attached hydrogens (tertiary/aromatic N) is 5. The predicted octanol–water partition coefficient (Wildman–Crippen LogP) is 2.81. The average molecular weight is 421 g/mol. The van der Waals surface area contributed by atoms with Crippen LogP contribution in [0.3, 0.4) is 0 Å². The molecular formula is C24H32N6O. The molecule has 1 aliphatic heterocycles. The summed E-state index contributed by atoms with van der Waals surface area (Å²) in [5, 5.41) is 7.60. The summed E-state index contributed by atoms with van der Waals surface area (Å²) in [4.78, 5) is 18.0. The van der Waals surface area contributed by atoms with Crippen LogP contribution in [0.25, 0.3) is 11.5 Å². The van der Waals surface area contributed by atoms with E-state index in [9.17, 15) is 4.79 Å². The quantitative estimate of drug-likeness (QED) is 0.541. The van der Waals surface area contributed by atoms with Crippen LogP contribution >= 0.6 is 0 Å². The first-order valence-corrected chi connectivity index (χ1v) is 11.3. The molecule has 1 N–H and O–H groups in total. The lowest BCUT2D eigenvalue weighted by Crippen LogP contribution is -2.47. The smallest absolute Gasteiger partial charge is 0.256 e. The summed E-state index contributed by atoms with van der Waals surface area (Å²) in [5.41, 5.74) is 1.50. The van der Waals surface area contributed by atoms with Gasteiger partial charge in [0.25, 0.3) is 5.91 Å². The molecule has 0 unspecified atom stereocenters. The van der Waals surface area contributed by atoms with Crippen LogP contribution < -0.4 is 5.32 Å². The number of carbonyl (C=O) groups is 1. The number of piperazine rings is 1. The third kappa shape index (κ3) is 5.24. The van der Waals surface area contributed by atoms with E-state index in [1.807, 2.05) is 64.1 Å². The summed E-state index contributed by atoms with van der Waals surface area (Å²) in [6.45, 7) is 9.66. The first-order valence-electron chi connectivity index (χ1n) is 11.3. The molecule has 7 heteroatoms. The lowest BCUT2D eigenvalue weighted by atomic mass is 10.2. The van der Waals surface area contributed by atoms with Gasteiger partial charge in [0.05, 0.1) is 11.9 Å². The zero-order chi connectivity index (χ0) is 21.5. The van der Waals surface area contributed by atoms with Crippen molar-refractivity contribution in [1.82, 2.24) is 29.5 Å². The van der Waals surface area contributed by atoms with Crippen molar-refractivity contribution in [2.45, 2.75) is 19.8 Å². The lowest BCUT2D eigenvalue weighted by Gasteiger charge is -2.34. The summed E-state index contributed by atoms with van der Waals surface area (Å²) < 4.78 is 3.75. The SMILES string of the molecule is CCCN1CCN(CCCNC(=O)c2cnn(-c3ccccc3)c2-n2cccc2)CC1. The minimum Gasteiger partial charge on any atom is -0.352 e. The summed E-state index contributed by atoms with van der Waals surface area (Å²) in [6, 6.07) is 13.8. The van der Waals surface area contributed by atoms with Gasteiger partial charge in [-0.25, -0.2) is 4.68 Å². The molecule has 3 aromatic rings. The van der Waals surface area contributed by atoms with Crippen LogP contribution in [0, 0.1) is 0 Å². The lowest BCUT2D eigenvalue weighted by molar-refractivity contribution is 0.0948. The van der Waals surface area contributed by atoms with E-state index in [0.29, 0.717) is 12.1 Å². The van der Waals surface area contributed by atoms with Crippen molar-refractivity contribution in [1.29, 1.82) is 0 Å². The van der Waals surface area contributed by atoms with Crippen LogP contribution in [0.2, 0.25) is 0 Å². The van der Waals surface area contributed by atoms with Crippen LogP contribution in [0.5, 0.6) is 0 Å². The molecule has 0 saturated carbocycles. The van der Waals surface area contributed by atoms with Crippen molar-refractivity contribution in [2.24, 2.45) is 0 Å². The maximum absolute atomic E-state index is 13.0. The van der Waals surface area contributed by atoms with Crippen molar-refractivity contribution in [3.05, 3.63) is 66.6 Å². The highest BCUT2D eigenvalue weighted by Crippen LogP contribution is 2.19. The second-order valence-electron chi connectivity index (χ2n) is 8.01. The number of amides is 1. The van der Waals surface area contributed by atoms with Crippen LogP contribution in [-0.4, -0.2) is 75.9 Å². The fourth-order valence-electron chi connectivity index (χ4n) is 4.14. The number of nitrogens with one attached hydrogen (secondary N) is 1. The van der Waals surface area contributed by atoms with E-state index in [0.717, 1.165) is 50.6 Å². The van der Waals surface area contributed by atoms with E-state index in [4.69, 9.17) is 0 Å². The van der Waals surface area contributed by atoms with Gasteiger partial charge in [-0.1, -0.05) is 25.1 Å². The molecule has 1 amide bonds. The third-order valence-corrected chi connectivity index (χ3v) is 5.78. The van der Waals surface area contributed by atoms with Crippen LogP contribution in [0.15, 0.2) is 61.1 Å². The largest absolute Gasteiger partial charge is 0.352 e. The summed E-state index contributed by atoms with van der Waals surface area (Å²) in [6.07, 6.45) is 7.70. The Morgan fingerprint density at radius 2 is 1.65 bits per heavy atom. The maximum Gasteiger partial charge on any atom is 0.256 e. The average Bonchev–Trinajstić information content (AvgIpc) is 3.48. The molecule has 0 aliphatic carbocycles. The molecule has 4 rings (SSSR count). The van der Waals surface area contributed by atoms with Crippen LogP contribution in [-0.2, 0) is 0 Å². The van der Waals surface area contributed by atoms with Crippen molar-refractivity contribution in [3.63, 3.8) is 0 Å². The van der Waals surface area contributed by atoms with E-state index in [1.54, 1.807) is 6.20 Å². The topological polar surface area (TPSA) is 58.3 Å². The van der Waals surface area contributed by atoms with E-state index < -0.39 is 0 Å². The van der Waals surface area contributed by atoms with Gasteiger partial charge in [0, 0.05) is 45.1 Å². The van der Waals surface area contributed by atoms with Gasteiger partial charge < -0.3 is 19.7 Å². The van der Waals surface area contributed by atoms with E-state index in [1.165, 1.54) is 13.0 Å². The van der Waals surface area contributed by atoms with Gasteiger partial charge in [-0.3, -0.25) is 4.79 Å². The molecule has 3 heterocycles. The number of hydrogen-bond acceptors (Lipinski definition) is 4. The number of hydrogen-bond donors (Lipinski definition) is 1. The van der Waals surface area contributed by atoms with Crippen LogP contribution in [0.4, 0.5) is 0 Å². The van der Waals surface area contributed by atoms with Crippen molar-refractivity contribution in [2.75, 3.05) is 45.8 Å². The Hall–Kier alpha value is -2.90. The number of rotatable bonds is 9. The molecule has 0 radical (unpaired) electrons. The van der Waals surface area contributed by atoms with Gasteiger partial charge in [0.15, 0.2) is 5.82 Å².